The summed E-state index contributed by atoms with van der Waals surface area (Å²) in [5.74, 6) is -0.603. The molecule has 7 nitrogen and oxygen atoms in total. The zero-order valence-corrected chi connectivity index (χ0v) is 15.2. The van der Waals surface area contributed by atoms with E-state index in [1.165, 1.54) is 7.11 Å². The number of benzene rings is 1. The van der Waals surface area contributed by atoms with Crippen molar-refractivity contribution < 1.29 is 23.3 Å². The molecular formula is C12H17Cl3N2O5S. The number of ether oxygens (including phenoxy) is 2. The molecule has 0 radical (unpaired) electrons. The lowest BCUT2D eigenvalue weighted by atomic mass is 10.2. The highest BCUT2D eigenvalue weighted by atomic mass is 36.0. The average molecular weight is 408 g/mol. The molecule has 0 aliphatic heterocycles. The molecule has 1 aromatic rings. The van der Waals surface area contributed by atoms with Gasteiger partial charge < -0.3 is 20.5 Å². The van der Waals surface area contributed by atoms with Crippen molar-refractivity contribution in [3.63, 3.8) is 0 Å². The molecule has 1 atom stereocenters. The van der Waals surface area contributed by atoms with E-state index in [4.69, 9.17) is 14.7 Å². The number of methoxy groups -OCH3 is 1. The molecule has 23 heavy (non-hydrogen) atoms. The summed E-state index contributed by atoms with van der Waals surface area (Å²) < 4.78 is 18.5. The number of alkyl carbamates (subject to hydrolysis) is 1. The highest BCUT2D eigenvalue weighted by Crippen LogP contribution is 2.00. The molecule has 0 aliphatic rings. The van der Waals surface area contributed by atoms with Crippen LogP contribution in [0.3, 0.4) is 0 Å². The van der Waals surface area contributed by atoms with Crippen LogP contribution in [-0.2, 0) is 30.1 Å². The first-order chi connectivity index (χ1) is 10.4. The average Bonchev–Trinajstić information content (AvgIpc) is 2.50. The molecule has 3 N–H and O–H groups in total. The molecule has 0 saturated heterocycles. The van der Waals surface area contributed by atoms with Gasteiger partial charge in [0.1, 0.15) is 12.6 Å². The van der Waals surface area contributed by atoms with E-state index in [1.807, 2.05) is 30.3 Å². The molecule has 11 heteroatoms. The summed E-state index contributed by atoms with van der Waals surface area (Å²) in [5, 5.41) is 2.33. The van der Waals surface area contributed by atoms with Crippen LogP contribution in [0.15, 0.2) is 30.3 Å². The molecule has 1 rings (SSSR count). The Morgan fingerprint density at radius 1 is 1.30 bits per heavy atom. The van der Waals surface area contributed by atoms with Crippen molar-refractivity contribution in [2.75, 3.05) is 13.7 Å². The van der Waals surface area contributed by atoms with Crippen molar-refractivity contribution in [3.8, 4) is 0 Å². The van der Waals surface area contributed by atoms with E-state index >= 15 is 0 Å². The van der Waals surface area contributed by atoms with Crippen molar-refractivity contribution in [1.82, 2.24) is 5.32 Å². The van der Waals surface area contributed by atoms with Gasteiger partial charge in [0.05, 0.1) is 7.11 Å². The lowest BCUT2D eigenvalue weighted by Gasteiger charge is -2.14. The van der Waals surface area contributed by atoms with Gasteiger partial charge in [-0.05, 0) is 5.56 Å². The first-order valence-electron chi connectivity index (χ1n) is 5.90. The van der Waals surface area contributed by atoms with E-state index in [1.54, 1.807) is 0 Å². The van der Waals surface area contributed by atoms with Crippen molar-refractivity contribution >= 4 is 55.1 Å². The summed E-state index contributed by atoms with van der Waals surface area (Å²) in [4.78, 5) is 22.6. The van der Waals surface area contributed by atoms with Crippen molar-refractivity contribution in [2.24, 2.45) is 5.73 Å². The third kappa shape index (κ3) is 13.1. The lowest BCUT2D eigenvalue weighted by Crippen LogP contribution is -2.46. The highest BCUT2D eigenvalue weighted by molar-refractivity contribution is 8.26. The van der Waals surface area contributed by atoms with Crippen LogP contribution in [0.5, 0.6) is 0 Å². The molecule has 0 aliphatic carbocycles. The number of halogens is 3. The Morgan fingerprint density at radius 3 is 2.26 bits per heavy atom. The maximum atomic E-state index is 11.4. The van der Waals surface area contributed by atoms with Gasteiger partial charge in [0.2, 0.25) is 9.23 Å². The summed E-state index contributed by atoms with van der Waals surface area (Å²) >= 11 is 0. The zero-order chi connectivity index (χ0) is 17.0. The minimum absolute atomic E-state index is 0. The van der Waals surface area contributed by atoms with Gasteiger partial charge in [0.15, 0.2) is 0 Å². The predicted octanol–water partition coefficient (Wildman–Crippen LogP) is 1.88. The Labute approximate surface area is 151 Å². The minimum Gasteiger partial charge on any atom is -0.467 e. The Kier molecular flexibility index (Phi) is 15.3. The van der Waals surface area contributed by atoms with Crippen LogP contribution >= 0.6 is 33.8 Å². The second kappa shape index (κ2) is 14.5. The summed E-state index contributed by atoms with van der Waals surface area (Å²) in [7, 11) is 8.58. The van der Waals surface area contributed by atoms with Crippen LogP contribution < -0.4 is 11.1 Å². The second-order valence-electron chi connectivity index (χ2n) is 3.70. The van der Waals surface area contributed by atoms with Crippen LogP contribution in [0.25, 0.3) is 0 Å². The maximum Gasteiger partial charge on any atom is 0.408 e. The Morgan fingerprint density at radius 2 is 1.83 bits per heavy atom. The number of hydrogen-bond donors (Lipinski definition) is 2. The van der Waals surface area contributed by atoms with Gasteiger partial charge >= 0.3 is 12.1 Å². The van der Waals surface area contributed by atoms with Crippen molar-refractivity contribution in [3.05, 3.63) is 35.9 Å². The maximum absolute atomic E-state index is 11.4. The molecule has 1 aromatic carbocycles. The minimum atomic E-state index is -1.67. The zero-order valence-electron chi connectivity index (χ0n) is 12.1. The largest absolute Gasteiger partial charge is 0.467 e. The third-order valence-electron chi connectivity index (χ3n) is 2.23. The molecule has 132 valence electrons. The van der Waals surface area contributed by atoms with Crippen LogP contribution in [0.2, 0.25) is 0 Å². The lowest BCUT2D eigenvalue weighted by molar-refractivity contribution is -0.142. The number of nitrogens with one attached hydrogen (secondary N) is 1. The van der Waals surface area contributed by atoms with Gasteiger partial charge in [-0.25, -0.2) is 13.8 Å². The van der Waals surface area contributed by atoms with Crippen LogP contribution in [0.4, 0.5) is 4.79 Å². The van der Waals surface area contributed by atoms with E-state index in [0.717, 1.165) is 5.56 Å². The molecule has 0 fully saturated rings. The molecule has 1 amide bonds. The molecule has 0 heterocycles. The van der Waals surface area contributed by atoms with Gasteiger partial charge in [-0.1, -0.05) is 30.3 Å². The number of esters is 1. The Bertz CT molecular complexity index is 489. The third-order valence-corrected chi connectivity index (χ3v) is 2.23. The number of nitrogens with two attached hydrogens (primary N) is 1. The van der Waals surface area contributed by atoms with E-state index in [0.29, 0.717) is 0 Å². The fraction of sp³-hybridized carbons (Fsp3) is 0.333. The standard InChI is InChI=1S/C12H16N2O4.Cl2OS.ClH/c1-17-11(15)10(7-13)14-12(16)18-8-9-5-3-2-4-6-9;1-4(2)3;/h2-6,10H,7-8,13H2,1H3,(H,14,16);;1H/t10-;;/m0../s1. The van der Waals surface area contributed by atoms with Crippen molar-refractivity contribution in [1.29, 1.82) is 0 Å². The summed E-state index contributed by atoms with van der Waals surface area (Å²) in [6, 6.07) is 8.31. The Balaban J connectivity index is 0. The monoisotopic (exact) mass is 406 g/mol. The first-order valence-corrected chi connectivity index (χ1v) is 8.70. The van der Waals surface area contributed by atoms with E-state index in [9.17, 15) is 9.59 Å². The fourth-order valence-electron chi connectivity index (χ4n) is 1.26. The smallest absolute Gasteiger partial charge is 0.408 e. The van der Waals surface area contributed by atoms with E-state index < -0.39 is 27.3 Å². The number of hydrogen-bond acceptors (Lipinski definition) is 6. The van der Waals surface area contributed by atoms with E-state index in [2.05, 4.69) is 31.4 Å². The quantitative estimate of drug-likeness (QED) is 0.570. The number of rotatable bonds is 5. The van der Waals surface area contributed by atoms with Crippen LogP contribution in [-0.4, -0.2) is 36.0 Å². The summed E-state index contributed by atoms with van der Waals surface area (Å²) in [5.41, 5.74) is 6.19. The van der Waals surface area contributed by atoms with Crippen LogP contribution in [0, 0.1) is 0 Å². The molecule has 0 spiro atoms. The predicted molar refractivity (Wildman–Crippen MR) is 91.7 cm³/mol. The van der Waals surface area contributed by atoms with Crippen LogP contribution in [0.1, 0.15) is 5.56 Å². The highest BCUT2D eigenvalue weighted by Gasteiger charge is 2.20. The SMILES string of the molecule is COC(=O)[C@H](CN)NC(=O)OCc1ccccc1.Cl.O=S(Cl)Cl. The van der Waals surface area contributed by atoms with Gasteiger partial charge in [-0.2, -0.15) is 0 Å². The topological polar surface area (TPSA) is 108 Å². The molecule has 0 saturated carbocycles. The number of amides is 1. The normalized spacial score (nSPS) is 10.5. The van der Waals surface area contributed by atoms with Crippen molar-refractivity contribution in [2.45, 2.75) is 12.6 Å². The molecule has 0 unspecified atom stereocenters. The van der Waals surface area contributed by atoms with E-state index in [-0.39, 0.29) is 25.6 Å². The molecular weight excluding hydrogens is 391 g/mol. The Hall–Kier alpha value is -1.06. The number of carbonyl (C=O) groups excluding carboxylic acids is 2. The summed E-state index contributed by atoms with van der Waals surface area (Å²) in [6.07, 6.45) is -0.709. The first kappa shape index (κ1) is 24.2. The van der Waals surface area contributed by atoms with Gasteiger partial charge in [-0.15, -0.1) is 12.4 Å². The van der Waals surface area contributed by atoms with Gasteiger partial charge in [0, 0.05) is 27.9 Å². The summed E-state index contributed by atoms with van der Waals surface area (Å²) in [6.45, 7) is 0.0816. The van der Waals surface area contributed by atoms with Gasteiger partial charge in [-0.3, -0.25) is 0 Å². The molecule has 0 aromatic heterocycles. The fourth-order valence-corrected chi connectivity index (χ4v) is 1.26. The number of carbonyl (C=O) groups is 2. The van der Waals surface area contributed by atoms with Gasteiger partial charge in [0.25, 0.3) is 0 Å². The molecule has 0 bridgehead atoms. The second-order valence-corrected chi connectivity index (χ2v) is 6.23.